The zero-order valence-corrected chi connectivity index (χ0v) is 22.4. The molecule has 4 aromatic carbocycles. The van der Waals surface area contributed by atoms with E-state index in [2.05, 4.69) is 21.8 Å². The van der Waals surface area contributed by atoms with Gasteiger partial charge in [0, 0.05) is 18.8 Å². The number of methoxy groups -OCH3 is 1. The van der Waals surface area contributed by atoms with E-state index < -0.39 is 16.0 Å². The van der Waals surface area contributed by atoms with Crippen LogP contribution in [-0.2, 0) is 27.8 Å². The van der Waals surface area contributed by atoms with Gasteiger partial charge in [-0.05, 0) is 72.1 Å². The molecule has 7 nitrogen and oxygen atoms in total. The van der Waals surface area contributed by atoms with Gasteiger partial charge in [0.2, 0.25) is 10.0 Å². The van der Waals surface area contributed by atoms with Gasteiger partial charge in [-0.1, -0.05) is 48.5 Å². The number of rotatable bonds is 10. The Morgan fingerprint density at radius 2 is 1.37 bits per heavy atom. The molecule has 1 N–H and O–H groups in total. The topological polar surface area (TPSA) is 84.9 Å². The number of nitrogens with zero attached hydrogens (tertiary/aromatic N) is 1. The predicted octanol–water partition coefficient (Wildman–Crippen LogP) is 6.15. The molecule has 4 rings (SSSR count). The molecule has 0 radical (unpaired) electrons. The number of hydrogen-bond donors (Lipinski definition) is 1. The van der Waals surface area contributed by atoms with E-state index >= 15 is 0 Å². The molecule has 0 saturated heterocycles. The van der Waals surface area contributed by atoms with Gasteiger partial charge in [0.25, 0.3) is 0 Å². The number of sulfonamides is 1. The lowest BCUT2D eigenvalue weighted by Crippen LogP contribution is -2.23. The zero-order chi connectivity index (χ0) is 27.1. The third-order valence-corrected chi connectivity index (χ3v) is 6.56. The number of anilines is 2. The molecule has 0 saturated carbocycles. The van der Waals surface area contributed by atoms with Gasteiger partial charge in [-0.3, -0.25) is 4.72 Å². The smallest absolute Gasteiger partial charge is 0.337 e. The quantitative estimate of drug-likeness (QED) is 0.248. The second-order valence-corrected chi connectivity index (χ2v) is 10.7. The van der Waals surface area contributed by atoms with Crippen molar-refractivity contribution < 1.29 is 22.7 Å². The Morgan fingerprint density at radius 3 is 1.95 bits per heavy atom. The van der Waals surface area contributed by atoms with Crippen molar-refractivity contribution in [1.29, 1.82) is 0 Å². The predicted molar refractivity (Wildman–Crippen MR) is 150 cm³/mol. The molecule has 0 amide bonds. The van der Waals surface area contributed by atoms with Crippen LogP contribution in [0.4, 0.5) is 11.4 Å². The minimum Gasteiger partial charge on any atom is -0.465 e. The summed E-state index contributed by atoms with van der Waals surface area (Å²) in [6.07, 6.45) is 1.15. The fraction of sp³-hybridized carbons (Fsp3) is 0.167. The molecule has 0 aliphatic heterocycles. The normalized spacial score (nSPS) is 11.0. The number of esters is 1. The van der Waals surface area contributed by atoms with Crippen LogP contribution in [0.5, 0.6) is 11.5 Å². The van der Waals surface area contributed by atoms with Crippen molar-refractivity contribution >= 4 is 27.4 Å². The third-order valence-electron chi connectivity index (χ3n) is 5.97. The van der Waals surface area contributed by atoms with Crippen LogP contribution in [0.3, 0.4) is 0 Å². The average molecular weight is 531 g/mol. The van der Waals surface area contributed by atoms with Crippen LogP contribution in [0.15, 0.2) is 97.1 Å². The van der Waals surface area contributed by atoms with E-state index in [1.165, 1.54) is 7.11 Å². The Hall–Kier alpha value is -4.30. The second-order valence-electron chi connectivity index (χ2n) is 8.93. The summed E-state index contributed by atoms with van der Waals surface area (Å²) >= 11 is 0. The van der Waals surface area contributed by atoms with Crippen molar-refractivity contribution in [2.45, 2.75) is 20.0 Å². The molecular formula is C30H30N2O5S. The number of nitrogens with one attached hydrogen (secondary N) is 1. The van der Waals surface area contributed by atoms with Crippen LogP contribution in [0.2, 0.25) is 0 Å². The molecule has 8 heteroatoms. The van der Waals surface area contributed by atoms with Crippen molar-refractivity contribution in [2.75, 3.05) is 23.0 Å². The molecule has 0 bridgehead atoms. The van der Waals surface area contributed by atoms with Crippen molar-refractivity contribution in [3.05, 3.63) is 119 Å². The molecule has 0 heterocycles. The number of hydrogen-bond acceptors (Lipinski definition) is 6. The first-order valence-corrected chi connectivity index (χ1v) is 13.9. The van der Waals surface area contributed by atoms with E-state index in [0.29, 0.717) is 35.8 Å². The molecule has 0 fully saturated rings. The fourth-order valence-electron chi connectivity index (χ4n) is 4.10. The minimum absolute atomic E-state index is 0.395. The molecule has 196 valence electrons. The largest absolute Gasteiger partial charge is 0.465 e. The molecule has 0 aliphatic rings. The molecule has 0 aliphatic carbocycles. The fourth-order valence-corrected chi connectivity index (χ4v) is 4.72. The van der Waals surface area contributed by atoms with Crippen LogP contribution in [0, 0.1) is 6.92 Å². The summed E-state index contributed by atoms with van der Waals surface area (Å²) in [5, 5.41) is 0. The van der Waals surface area contributed by atoms with E-state index in [4.69, 9.17) is 9.47 Å². The first-order valence-electron chi connectivity index (χ1n) is 12.0. The van der Waals surface area contributed by atoms with Crippen molar-refractivity contribution in [2.24, 2.45) is 0 Å². The minimum atomic E-state index is -3.40. The zero-order valence-electron chi connectivity index (χ0n) is 21.5. The first-order chi connectivity index (χ1) is 18.2. The Labute approximate surface area is 223 Å². The maximum absolute atomic E-state index is 11.9. The summed E-state index contributed by atoms with van der Waals surface area (Å²) in [5.74, 6) is 0.889. The second kappa shape index (κ2) is 11.8. The van der Waals surface area contributed by atoms with Gasteiger partial charge in [-0.15, -0.1) is 0 Å². The van der Waals surface area contributed by atoms with Crippen LogP contribution in [-0.4, -0.2) is 27.8 Å². The Kier molecular flexibility index (Phi) is 8.33. The van der Waals surface area contributed by atoms with E-state index in [9.17, 15) is 13.2 Å². The lowest BCUT2D eigenvalue weighted by atomic mass is 10.1. The summed E-state index contributed by atoms with van der Waals surface area (Å²) in [6, 6.07) is 30.3. The maximum Gasteiger partial charge on any atom is 0.337 e. The standard InChI is InChI=1S/C30H30N2O5S/c1-22-28(31-38(3,34)35)10-7-11-29(22)32(20-23-8-5-4-6-9-23)21-24-12-16-26(17-13-24)37-27-18-14-25(15-19-27)30(33)36-2/h4-19,31H,20-21H2,1-3H3. The Balaban J connectivity index is 1.55. The average Bonchev–Trinajstić information content (AvgIpc) is 2.90. The van der Waals surface area contributed by atoms with Crippen molar-refractivity contribution in [3.8, 4) is 11.5 Å². The lowest BCUT2D eigenvalue weighted by molar-refractivity contribution is 0.0600. The molecule has 38 heavy (non-hydrogen) atoms. The van der Waals surface area contributed by atoms with E-state index in [1.807, 2.05) is 61.5 Å². The van der Waals surface area contributed by atoms with Crippen LogP contribution >= 0.6 is 0 Å². The van der Waals surface area contributed by atoms with E-state index in [0.717, 1.165) is 28.6 Å². The van der Waals surface area contributed by atoms with Gasteiger partial charge < -0.3 is 14.4 Å². The number of carbonyl (C=O) groups excluding carboxylic acids is 1. The number of carbonyl (C=O) groups is 1. The summed E-state index contributed by atoms with van der Waals surface area (Å²) in [6.45, 7) is 3.17. The molecule has 0 aromatic heterocycles. The monoisotopic (exact) mass is 530 g/mol. The van der Waals surface area contributed by atoms with Crippen LogP contribution in [0.1, 0.15) is 27.0 Å². The molecule has 0 unspecified atom stereocenters. The lowest BCUT2D eigenvalue weighted by Gasteiger charge is -2.28. The molecule has 0 spiro atoms. The number of benzene rings is 4. The Bertz CT molecular complexity index is 1490. The highest BCUT2D eigenvalue weighted by molar-refractivity contribution is 7.92. The summed E-state index contributed by atoms with van der Waals surface area (Å²) in [7, 11) is -2.06. The van der Waals surface area contributed by atoms with Crippen molar-refractivity contribution in [1.82, 2.24) is 0 Å². The molecular weight excluding hydrogens is 500 g/mol. The highest BCUT2D eigenvalue weighted by Crippen LogP contribution is 2.30. The van der Waals surface area contributed by atoms with E-state index in [1.54, 1.807) is 30.3 Å². The summed E-state index contributed by atoms with van der Waals surface area (Å²) < 4.78 is 37.1. The molecule has 0 atom stereocenters. The van der Waals surface area contributed by atoms with Gasteiger partial charge >= 0.3 is 5.97 Å². The number of ether oxygens (including phenoxy) is 2. The first kappa shape index (κ1) is 26.8. The maximum atomic E-state index is 11.9. The third kappa shape index (κ3) is 7.14. The van der Waals surface area contributed by atoms with Crippen LogP contribution < -0.4 is 14.4 Å². The van der Waals surface area contributed by atoms with E-state index in [-0.39, 0.29) is 0 Å². The SMILES string of the molecule is COC(=O)c1ccc(Oc2ccc(CN(Cc3ccccc3)c3cccc(NS(C)(=O)=O)c3C)cc2)cc1. The van der Waals surface area contributed by atoms with Crippen molar-refractivity contribution in [3.63, 3.8) is 0 Å². The van der Waals surface area contributed by atoms with Gasteiger partial charge in [-0.25, -0.2) is 13.2 Å². The van der Waals surface area contributed by atoms with Gasteiger partial charge in [0.15, 0.2) is 0 Å². The van der Waals surface area contributed by atoms with Gasteiger partial charge in [0.1, 0.15) is 11.5 Å². The highest BCUT2D eigenvalue weighted by Gasteiger charge is 2.15. The van der Waals surface area contributed by atoms with Gasteiger partial charge in [-0.2, -0.15) is 0 Å². The van der Waals surface area contributed by atoms with Gasteiger partial charge in [0.05, 0.1) is 24.6 Å². The highest BCUT2D eigenvalue weighted by atomic mass is 32.2. The Morgan fingerprint density at radius 1 is 0.789 bits per heavy atom. The molecule has 4 aromatic rings. The summed E-state index contributed by atoms with van der Waals surface area (Å²) in [4.78, 5) is 13.9. The van der Waals surface area contributed by atoms with Crippen LogP contribution in [0.25, 0.3) is 0 Å². The summed E-state index contributed by atoms with van der Waals surface area (Å²) in [5.41, 5.74) is 5.02.